The van der Waals surface area contributed by atoms with Gasteiger partial charge >= 0.3 is 0 Å². The number of amides is 1. The number of hydrogen-bond donors (Lipinski definition) is 1. The van der Waals surface area contributed by atoms with Crippen LogP contribution in [0.1, 0.15) is 30.0 Å². The largest absolute Gasteiger partial charge is 0.484 e. The second-order valence-corrected chi connectivity index (χ2v) is 9.23. The summed E-state index contributed by atoms with van der Waals surface area (Å²) >= 11 is 0. The number of carbonyl (C=O) groups excluding carboxylic acids is 1. The molecule has 9 nitrogen and oxygen atoms in total. The zero-order valence-corrected chi connectivity index (χ0v) is 22.7. The fraction of sp³-hybridized carbons (Fsp3) is 0.156. The van der Waals surface area contributed by atoms with Crippen molar-refractivity contribution < 1.29 is 14.3 Å². The highest BCUT2D eigenvalue weighted by Gasteiger charge is 2.14. The molecule has 5 rings (SSSR count). The molecule has 2 aromatic carbocycles. The predicted octanol–water partition coefficient (Wildman–Crippen LogP) is 5.16. The van der Waals surface area contributed by atoms with Gasteiger partial charge in [0.1, 0.15) is 17.3 Å². The molecule has 1 N–H and O–H groups in total. The topological polar surface area (TPSA) is 104 Å². The van der Waals surface area contributed by atoms with Crippen molar-refractivity contribution in [2.75, 3.05) is 19.0 Å². The molecule has 1 unspecified atom stereocenters. The first-order valence-electron chi connectivity index (χ1n) is 13.0. The Bertz CT molecular complexity index is 1690. The molecule has 0 spiro atoms. The van der Waals surface area contributed by atoms with Gasteiger partial charge in [-0.05, 0) is 55.5 Å². The fourth-order valence-corrected chi connectivity index (χ4v) is 4.11. The summed E-state index contributed by atoms with van der Waals surface area (Å²) in [5, 5.41) is 11.5. The Labute approximate surface area is 238 Å². The van der Waals surface area contributed by atoms with Gasteiger partial charge in [-0.15, -0.1) is 11.5 Å². The molecule has 0 fully saturated rings. The Balaban J connectivity index is 1.41. The maximum Gasteiger partial charge on any atom is 0.263 e. The van der Waals surface area contributed by atoms with Crippen LogP contribution < -0.4 is 10.1 Å². The molecule has 204 valence electrons. The molecular formula is C32H28N6O3. The average molecular weight is 545 g/mol. The van der Waals surface area contributed by atoms with E-state index in [1.165, 1.54) is 0 Å². The molecule has 0 saturated heterocycles. The summed E-state index contributed by atoms with van der Waals surface area (Å²) in [5.74, 6) is 3.26. The molecule has 5 aromatic rings. The number of terminal acetylenes is 1. The van der Waals surface area contributed by atoms with E-state index in [2.05, 4.69) is 31.5 Å². The van der Waals surface area contributed by atoms with Crippen molar-refractivity contribution in [1.29, 1.82) is 0 Å². The van der Waals surface area contributed by atoms with E-state index in [4.69, 9.17) is 15.9 Å². The van der Waals surface area contributed by atoms with Crippen LogP contribution in [0.4, 0.5) is 5.82 Å². The third kappa shape index (κ3) is 7.01. The van der Waals surface area contributed by atoms with Crippen LogP contribution in [-0.2, 0) is 16.1 Å². The van der Waals surface area contributed by atoms with Crippen LogP contribution in [0.15, 0.2) is 91.1 Å². The summed E-state index contributed by atoms with van der Waals surface area (Å²) in [7, 11) is 1.65. The molecule has 41 heavy (non-hydrogen) atoms. The van der Waals surface area contributed by atoms with Crippen molar-refractivity contribution in [3.05, 3.63) is 108 Å². The highest BCUT2D eigenvalue weighted by atomic mass is 16.5. The van der Waals surface area contributed by atoms with Crippen LogP contribution in [0.25, 0.3) is 22.5 Å². The van der Waals surface area contributed by atoms with Crippen molar-refractivity contribution in [3.8, 4) is 40.6 Å². The van der Waals surface area contributed by atoms with E-state index in [1.54, 1.807) is 30.0 Å². The Kier molecular flexibility index (Phi) is 8.43. The number of hydrogen-bond acceptors (Lipinski definition) is 7. The molecule has 0 radical (unpaired) electrons. The number of methoxy groups -OCH3 is 1. The van der Waals surface area contributed by atoms with Crippen molar-refractivity contribution in [2.24, 2.45) is 0 Å². The minimum atomic E-state index is -0.346. The molecule has 0 aliphatic carbocycles. The van der Waals surface area contributed by atoms with Gasteiger partial charge in [-0.1, -0.05) is 47.5 Å². The highest BCUT2D eigenvalue weighted by Crippen LogP contribution is 2.27. The summed E-state index contributed by atoms with van der Waals surface area (Å²) in [6.45, 7) is 2.21. The number of aromatic nitrogens is 5. The van der Waals surface area contributed by atoms with E-state index in [9.17, 15) is 4.79 Å². The lowest BCUT2D eigenvalue weighted by Crippen LogP contribution is -2.21. The Morgan fingerprint density at radius 2 is 1.80 bits per heavy atom. The second-order valence-electron chi connectivity index (χ2n) is 9.23. The van der Waals surface area contributed by atoms with E-state index in [1.807, 2.05) is 79.9 Å². The quantitative estimate of drug-likeness (QED) is 0.242. The van der Waals surface area contributed by atoms with E-state index >= 15 is 0 Å². The number of anilines is 1. The van der Waals surface area contributed by atoms with Gasteiger partial charge in [-0.2, -0.15) is 0 Å². The predicted molar refractivity (Wildman–Crippen MR) is 156 cm³/mol. The van der Waals surface area contributed by atoms with Gasteiger partial charge in [0.25, 0.3) is 5.91 Å². The van der Waals surface area contributed by atoms with Crippen LogP contribution in [0.2, 0.25) is 0 Å². The number of carbonyl (C=O) groups is 1. The molecule has 3 aromatic heterocycles. The summed E-state index contributed by atoms with van der Waals surface area (Å²) in [5.41, 5.74) is 5.15. The lowest BCUT2D eigenvalue weighted by atomic mass is 10.0. The highest BCUT2D eigenvalue weighted by molar-refractivity contribution is 5.92. The molecule has 0 aliphatic heterocycles. The average Bonchev–Trinajstić information content (AvgIpc) is 3.48. The normalized spacial score (nSPS) is 11.4. The molecule has 9 heteroatoms. The Morgan fingerprint density at radius 3 is 2.61 bits per heavy atom. The molecule has 0 aliphatic rings. The number of benzene rings is 2. The maximum atomic E-state index is 12.7. The fourth-order valence-electron chi connectivity index (χ4n) is 4.11. The molecule has 1 amide bonds. The van der Waals surface area contributed by atoms with Crippen molar-refractivity contribution in [3.63, 3.8) is 0 Å². The zero-order chi connectivity index (χ0) is 28.6. The molecular weight excluding hydrogens is 516 g/mol. The van der Waals surface area contributed by atoms with Gasteiger partial charge in [0, 0.05) is 23.8 Å². The first-order chi connectivity index (χ1) is 20.0. The monoisotopic (exact) mass is 544 g/mol. The van der Waals surface area contributed by atoms with Gasteiger partial charge in [0.2, 0.25) is 0 Å². The second kappa shape index (κ2) is 12.7. The van der Waals surface area contributed by atoms with Gasteiger partial charge in [0.05, 0.1) is 35.9 Å². The van der Waals surface area contributed by atoms with Gasteiger partial charge in [0.15, 0.2) is 6.61 Å². The lowest BCUT2D eigenvalue weighted by molar-refractivity contribution is -0.118. The van der Waals surface area contributed by atoms with Gasteiger partial charge in [-0.3, -0.25) is 9.78 Å². The molecule has 1 atom stereocenters. The third-order valence-corrected chi connectivity index (χ3v) is 6.29. The van der Waals surface area contributed by atoms with Gasteiger partial charge in [-0.25, -0.2) is 9.67 Å². The van der Waals surface area contributed by atoms with Crippen LogP contribution >= 0.6 is 0 Å². The van der Waals surface area contributed by atoms with Gasteiger partial charge < -0.3 is 14.8 Å². The lowest BCUT2D eigenvalue weighted by Gasteiger charge is -2.11. The first-order valence-corrected chi connectivity index (χ1v) is 13.0. The van der Waals surface area contributed by atoms with Crippen LogP contribution in [-0.4, -0.2) is 44.6 Å². The number of nitrogens with zero attached hydrogens (tertiary/aromatic N) is 5. The summed E-state index contributed by atoms with van der Waals surface area (Å²) < 4.78 is 12.7. The molecule has 3 heterocycles. The van der Waals surface area contributed by atoms with E-state index in [0.717, 1.165) is 28.1 Å². The summed E-state index contributed by atoms with van der Waals surface area (Å²) in [4.78, 5) is 22.1. The molecule has 0 saturated carbocycles. The van der Waals surface area contributed by atoms with E-state index in [0.29, 0.717) is 29.5 Å². The third-order valence-electron chi connectivity index (χ3n) is 6.29. The Morgan fingerprint density at radius 1 is 0.976 bits per heavy atom. The van der Waals surface area contributed by atoms with Crippen molar-refractivity contribution >= 4 is 11.7 Å². The first kappa shape index (κ1) is 27.2. The van der Waals surface area contributed by atoms with E-state index in [-0.39, 0.29) is 18.6 Å². The summed E-state index contributed by atoms with van der Waals surface area (Å²) in [6, 6.07) is 26.1. The minimum Gasteiger partial charge on any atom is -0.484 e. The molecule has 0 bridgehead atoms. The zero-order valence-electron chi connectivity index (χ0n) is 22.7. The van der Waals surface area contributed by atoms with Crippen LogP contribution in [0.3, 0.4) is 0 Å². The van der Waals surface area contributed by atoms with Crippen molar-refractivity contribution in [1.82, 2.24) is 25.0 Å². The van der Waals surface area contributed by atoms with Crippen molar-refractivity contribution in [2.45, 2.75) is 19.6 Å². The summed E-state index contributed by atoms with van der Waals surface area (Å²) in [6.07, 6.45) is 7.33. The van der Waals surface area contributed by atoms with Crippen LogP contribution in [0, 0.1) is 12.3 Å². The number of ether oxygens (including phenoxy) is 2. The number of para-hydroxylation sites is 1. The number of pyridine rings is 2. The van der Waals surface area contributed by atoms with E-state index < -0.39 is 0 Å². The minimum absolute atomic E-state index is 0.115. The van der Waals surface area contributed by atoms with Crippen LogP contribution in [0.5, 0.6) is 5.75 Å². The SMILES string of the molecule is C#Cc1cccc(-c2cc(-c3cn(Cc4cccc(C(C)OC)n4)nn3)cc(NC(=O)COc3ccccc3)n2)c1. The number of nitrogens with one attached hydrogen (secondary N) is 1. The Hall–Kier alpha value is -5.33. The smallest absolute Gasteiger partial charge is 0.263 e. The number of rotatable bonds is 10. The standard InChI is InChI=1S/C32H28N6O3/c1-4-23-10-8-11-24(16-23)29-17-25(18-31(34-29)35-32(39)21-41-27-13-6-5-7-14-27)30-20-38(37-36-30)19-26-12-9-15-28(33-26)22(2)40-3/h1,5-18,20,22H,19,21H2,2-3H3,(H,34,35,39). The maximum absolute atomic E-state index is 12.7.